The summed E-state index contributed by atoms with van der Waals surface area (Å²) in [6.07, 6.45) is 1.77. The Morgan fingerprint density at radius 1 is 1.24 bits per heavy atom. The van der Waals surface area contributed by atoms with E-state index < -0.39 is 0 Å². The summed E-state index contributed by atoms with van der Waals surface area (Å²) in [6, 6.07) is 4.42. The van der Waals surface area contributed by atoms with Gasteiger partial charge >= 0.3 is 0 Å². The first-order valence-electron chi connectivity index (χ1n) is 7.22. The number of hydrogen-bond donors (Lipinski definition) is 1. The van der Waals surface area contributed by atoms with Gasteiger partial charge in [0, 0.05) is 17.4 Å². The fourth-order valence-corrected chi connectivity index (χ4v) is 2.64. The minimum atomic E-state index is -0.00190. The molecule has 21 heavy (non-hydrogen) atoms. The number of rotatable bonds is 5. The molecule has 2 aromatic heterocycles. The van der Waals surface area contributed by atoms with Crippen molar-refractivity contribution in [1.82, 2.24) is 20.1 Å². The summed E-state index contributed by atoms with van der Waals surface area (Å²) in [5.41, 5.74) is 4.22. The highest BCUT2D eigenvalue weighted by Gasteiger charge is 2.25. The number of aromatic nitrogens is 3. The number of pyridine rings is 1. The molecule has 0 fully saturated rings. The zero-order valence-electron chi connectivity index (χ0n) is 13.6. The standard InChI is InChI=1S/C16H24N4O/c1-10(2)20-16(14(21-6)9-18-20)15(17-5)13-8-7-11(3)19-12(13)4/h7-10,15,17H,1-6H3. The Bertz CT molecular complexity index is 619. The van der Waals surface area contributed by atoms with Gasteiger partial charge in [-0.1, -0.05) is 6.07 Å². The van der Waals surface area contributed by atoms with Crippen LogP contribution in [0.4, 0.5) is 0 Å². The lowest BCUT2D eigenvalue weighted by Gasteiger charge is -2.22. The highest BCUT2D eigenvalue weighted by Crippen LogP contribution is 2.32. The van der Waals surface area contributed by atoms with Crippen LogP contribution in [0.5, 0.6) is 5.75 Å². The molecule has 0 saturated carbocycles. The second-order valence-electron chi connectivity index (χ2n) is 5.49. The molecular weight excluding hydrogens is 264 g/mol. The van der Waals surface area contributed by atoms with Crippen LogP contribution in [-0.2, 0) is 0 Å². The van der Waals surface area contributed by atoms with E-state index in [-0.39, 0.29) is 12.1 Å². The Morgan fingerprint density at radius 2 is 1.95 bits per heavy atom. The molecule has 0 spiro atoms. The van der Waals surface area contributed by atoms with E-state index in [4.69, 9.17) is 4.74 Å². The van der Waals surface area contributed by atoms with Crippen molar-refractivity contribution in [3.63, 3.8) is 0 Å². The van der Waals surface area contributed by atoms with E-state index >= 15 is 0 Å². The molecule has 1 atom stereocenters. The summed E-state index contributed by atoms with van der Waals surface area (Å²) in [5.74, 6) is 0.794. The van der Waals surface area contributed by atoms with Crippen LogP contribution in [0.2, 0.25) is 0 Å². The molecule has 0 amide bonds. The van der Waals surface area contributed by atoms with Gasteiger partial charge in [-0.15, -0.1) is 0 Å². The molecule has 1 N–H and O–H groups in total. The fraction of sp³-hybridized carbons (Fsp3) is 0.500. The molecule has 0 aromatic carbocycles. The smallest absolute Gasteiger partial charge is 0.161 e. The van der Waals surface area contributed by atoms with E-state index in [1.54, 1.807) is 13.3 Å². The van der Waals surface area contributed by atoms with Crippen LogP contribution < -0.4 is 10.1 Å². The van der Waals surface area contributed by atoms with Gasteiger partial charge in [-0.25, -0.2) is 0 Å². The highest BCUT2D eigenvalue weighted by atomic mass is 16.5. The predicted molar refractivity (Wildman–Crippen MR) is 83.8 cm³/mol. The summed E-state index contributed by atoms with van der Waals surface area (Å²) < 4.78 is 7.50. The van der Waals surface area contributed by atoms with Crippen molar-refractivity contribution < 1.29 is 4.74 Å². The lowest BCUT2D eigenvalue weighted by atomic mass is 10.0. The zero-order chi connectivity index (χ0) is 15.6. The van der Waals surface area contributed by atoms with E-state index in [1.165, 1.54) is 0 Å². The number of ether oxygens (including phenoxy) is 1. The van der Waals surface area contributed by atoms with E-state index in [1.807, 2.05) is 31.6 Å². The van der Waals surface area contributed by atoms with Gasteiger partial charge in [-0.2, -0.15) is 5.10 Å². The Balaban J connectivity index is 2.58. The molecule has 114 valence electrons. The van der Waals surface area contributed by atoms with Crippen LogP contribution in [0, 0.1) is 13.8 Å². The predicted octanol–water partition coefficient (Wildman–Crippen LogP) is 2.79. The van der Waals surface area contributed by atoms with E-state index in [9.17, 15) is 0 Å². The van der Waals surface area contributed by atoms with Crippen molar-refractivity contribution in [3.05, 3.63) is 41.0 Å². The second kappa shape index (κ2) is 6.26. The van der Waals surface area contributed by atoms with Gasteiger partial charge in [0.15, 0.2) is 5.75 Å². The van der Waals surface area contributed by atoms with Crippen LogP contribution in [0.1, 0.15) is 48.6 Å². The summed E-state index contributed by atoms with van der Waals surface area (Å²) in [6.45, 7) is 8.27. The third-order valence-corrected chi connectivity index (χ3v) is 3.65. The molecule has 0 radical (unpaired) electrons. The topological polar surface area (TPSA) is 52.0 Å². The molecule has 0 saturated heterocycles. The monoisotopic (exact) mass is 288 g/mol. The van der Waals surface area contributed by atoms with Crippen molar-refractivity contribution in [3.8, 4) is 5.75 Å². The maximum Gasteiger partial charge on any atom is 0.161 e. The molecule has 2 rings (SSSR count). The van der Waals surface area contributed by atoms with Gasteiger partial charge in [0.1, 0.15) is 5.69 Å². The van der Waals surface area contributed by atoms with E-state index in [2.05, 4.69) is 35.3 Å². The third kappa shape index (κ3) is 2.93. The van der Waals surface area contributed by atoms with Crippen LogP contribution in [0.15, 0.2) is 18.3 Å². The van der Waals surface area contributed by atoms with Gasteiger partial charge in [0.25, 0.3) is 0 Å². The quantitative estimate of drug-likeness (QED) is 0.919. The Kier molecular flexibility index (Phi) is 4.63. The molecule has 1 unspecified atom stereocenters. The number of methoxy groups -OCH3 is 1. The molecule has 2 aromatic rings. The van der Waals surface area contributed by atoms with Gasteiger partial charge in [0.2, 0.25) is 0 Å². The van der Waals surface area contributed by atoms with Crippen molar-refractivity contribution >= 4 is 0 Å². The minimum Gasteiger partial charge on any atom is -0.493 e. The summed E-state index contributed by atoms with van der Waals surface area (Å²) >= 11 is 0. The first-order valence-corrected chi connectivity index (χ1v) is 7.22. The summed E-state index contributed by atoms with van der Waals surface area (Å²) in [7, 11) is 3.62. The van der Waals surface area contributed by atoms with Gasteiger partial charge in [-0.05, 0) is 46.4 Å². The number of nitrogens with one attached hydrogen (secondary N) is 1. The van der Waals surface area contributed by atoms with Crippen molar-refractivity contribution in [2.75, 3.05) is 14.2 Å². The molecule has 0 aliphatic heterocycles. The maximum atomic E-state index is 5.50. The van der Waals surface area contributed by atoms with Crippen LogP contribution >= 0.6 is 0 Å². The van der Waals surface area contributed by atoms with E-state index in [0.717, 1.165) is 28.4 Å². The van der Waals surface area contributed by atoms with Crippen molar-refractivity contribution in [2.24, 2.45) is 0 Å². The zero-order valence-corrected chi connectivity index (χ0v) is 13.6. The summed E-state index contributed by atoms with van der Waals surface area (Å²) in [5, 5.41) is 7.83. The first kappa shape index (κ1) is 15.5. The lowest BCUT2D eigenvalue weighted by Crippen LogP contribution is -2.24. The number of aryl methyl sites for hydroxylation is 2. The summed E-state index contributed by atoms with van der Waals surface area (Å²) in [4.78, 5) is 4.57. The molecule has 0 aliphatic carbocycles. The number of hydrogen-bond acceptors (Lipinski definition) is 4. The van der Waals surface area contributed by atoms with Crippen LogP contribution in [0.3, 0.4) is 0 Å². The fourth-order valence-electron chi connectivity index (χ4n) is 2.64. The molecule has 5 nitrogen and oxygen atoms in total. The van der Waals surface area contributed by atoms with E-state index in [0.29, 0.717) is 0 Å². The molecule has 2 heterocycles. The Morgan fingerprint density at radius 3 is 2.48 bits per heavy atom. The Labute approximate surface area is 126 Å². The van der Waals surface area contributed by atoms with Crippen molar-refractivity contribution in [2.45, 2.75) is 39.8 Å². The Hall–Kier alpha value is -1.88. The molecule has 5 heteroatoms. The molecule has 0 bridgehead atoms. The maximum absolute atomic E-state index is 5.50. The van der Waals surface area contributed by atoms with Gasteiger partial charge in [-0.3, -0.25) is 9.67 Å². The third-order valence-electron chi connectivity index (χ3n) is 3.65. The first-order chi connectivity index (χ1) is 9.99. The largest absolute Gasteiger partial charge is 0.493 e. The van der Waals surface area contributed by atoms with Crippen molar-refractivity contribution in [1.29, 1.82) is 0 Å². The number of nitrogens with zero attached hydrogens (tertiary/aromatic N) is 3. The molecule has 0 aliphatic rings. The van der Waals surface area contributed by atoms with Crippen LogP contribution in [0.25, 0.3) is 0 Å². The highest BCUT2D eigenvalue weighted by molar-refractivity contribution is 5.38. The molecular formula is C16H24N4O. The minimum absolute atomic E-state index is 0.00190. The van der Waals surface area contributed by atoms with Gasteiger partial charge < -0.3 is 10.1 Å². The second-order valence-corrected chi connectivity index (χ2v) is 5.49. The SMILES string of the molecule is CNC(c1ccc(C)nc1C)c1c(OC)cnn1C(C)C. The van der Waals surface area contributed by atoms with Crippen LogP contribution in [-0.4, -0.2) is 28.9 Å². The normalized spacial score (nSPS) is 12.7. The van der Waals surface area contributed by atoms with Gasteiger partial charge in [0.05, 0.1) is 19.3 Å². The average Bonchev–Trinajstić information content (AvgIpc) is 2.86. The average molecular weight is 288 g/mol. The lowest BCUT2D eigenvalue weighted by molar-refractivity contribution is 0.396.